The minimum atomic E-state index is 0. The molecule has 1 saturated heterocycles. The fourth-order valence-electron chi connectivity index (χ4n) is 3.39. The largest absolute Gasteiger partial charge is 0.382 e. The summed E-state index contributed by atoms with van der Waals surface area (Å²) in [6, 6.07) is 17.6. The molecule has 2 N–H and O–H groups in total. The monoisotopic (exact) mass is 378 g/mol. The number of aromatic nitrogens is 2. The van der Waals surface area contributed by atoms with Crippen LogP contribution in [0.3, 0.4) is 0 Å². The van der Waals surface area contributed by atoms with E-state index in [1.165, 1.54) is 29.5 Å². The second-order valence-electron chi connectivity index (χ2n) is 6.32. The minimum absolute atomic E-state index is 0. The number of likely N-dealkylation sites (tertiary alicyclic amines) is 1. The van der Waals surface area contributed by atoms with Gasteiger partial charge in [0.2, 0.25) is 0 Å². The van der Waals surface area contributed by atoms with Gasteiger partial charge in [-0.15, -0.1) is 24.8 Å². The van der Waals surface area contributed by atoms with Gasteiger partial charge in [-0.1, -0.05) is 36.4 Å². The zero-order valence-corrected chi connectivity index (χ0v) is 15.7. The van der Waals surface area contributed by atoms with E-state index in [-0.39, 0.29) is 24.8 Å². The number of anilines is 1. The highest BCUT2D eigenvalue weighted by atomic mass is 35.5. The van der Waals surface area contributed by atoms with Gasteiger partial charge in [-0.2, -0.15) is 5.10 Å². The standard InChI is InChI=1S/C19H22N4.2ClH/c1-2-5-15(6-3-1)14-23-11-9-16(10-12-23)21-18-7-4-8-19-17(18)13-20-22-19;;/h1-8,13,16,21H,9-12,14H2,(H,20,22);2*1H. The molecule has 1 fully saturated rings. The second-order valence-corrected chi connectivity index (χ2v) is 6.32. The quantitative estimate of drug-likeness (QED) is 0.702. The first-order valence-electron chi connectivity index (χ1n) is 8.33. The number of H-pyrrole nitrogens is 1. The fourth-order valence-corrected chi connectivity index (χ4v) is 3.39. The lowest BCUT2D eigenvalue weighted by atomic mass is 10.0. The molecular weight excluding hydrogens is 355 g/mol. The highest BCUT2D eigenvalue weighted by molar-refractivity contribution is 5.90. The van der Waals surface area contributed by atoms with Gasteiger partial charge in [0.25, 0.3) is 0 Å². The number of aromatic amines is 1. The molecule has 0 saturated carbocycles. The molecule has 1 aliphatic heterocycles. The number of piperidine rings is 1. The summed E-state index contributed by atoms with van der Waals surface area (Å²) < 4.78 is 0. The number of nitrogens with one attached hydrogen (secondary N) is 2. The molecule has 0 atom stereocenters. The third-order valence-electron chi connectivity index (χ3n) is 4.68. The van der Waals surface area contributed by atoms with E-state index >= 15 is 0 Å². The molecule has 4 nitrogen and oxygen atoms in total. The molecule has 25 heavy (non-hydrogen) atoms. The van der Waals surface area contributed by atoms with Crippen LogP contribution >= 0.6 is 24.8 Å². The van der Waals surface area contributed by atoms with Gasteiger partial charge >= 0.3 is 0 Å². The lowest BCUT2D eigenvalue weighted by molar-refractivity contribution is 0.211. The zero-order valence-electron chi connectivity index (χ0n) is 14.0. The Morgan fingerprint density at radius 3 is 2.52 bits per heavy atom. The summed E-state index contributed by atoms with van der Waals surface area (Å²) in [6.45, 7) is 3.35. The maximum Gasteiger partial charge on any atom is 0.0671 e. The van der Waals surface area contributed by atoms with E-state index in [0.717, 1.165) is 25.2 Å². The zero-order chi connectivity index (χ0) is 15.5. The van der Waals surface area contributed by atoms with Crippen molar-refractivity contribution in [3.8, 4) is 0 Å². The lowest BCUT2D eigenvalue weighted by Crippen LogP contribution is -2.38. The summed E-state index contributed by atoms with van der Waals surface area (Å²) in [5, 5.41) is 12.1. The first-order chi connectivity index (χ1) is 11.4. The summed E-state index contributed by atoms with van der Waals surface area (Å²) in [6.07, 6.45) is 4.27. The molecule has 0 bridgehead atoms. The average Bonchev–Trinajstić information content (AvgIpc) is 3.07. The fraction of sp³-hybridized carbons (Fsp3) is 0.316. The maximum absolute atomic E-state index is 4.14. The smallest absolute Gasteiger partial charge is 0.0671 e. The Balaban J connectivity index is 0.00000113. The van der Waals surface area contributed by atoms with Gasteiger partial charge in [0, 0.05) is 36.7 Å². The van der Waals surface area contributed by atoms with Crippen molar-refractivity contribution in [2.75, 3.05) is 18.4 Å². The third-order valence-corrected chi connectivity index (χ3v) is 4.68. The highest BCUT2D eigenvalue weighted by Gasteiger charge is 2.19. The number of rotatable bonds is 4. The average molecular weight is 379 g/mol. The van der Waals surface area contributed by atoms with Crippen LogP contribution in [0.2, 0.25) is 0 Å². The number of fused-ring (bicyclic) bond motifs is 1. The Morgan fingerprint density at radius 1 is 1.00 bits per heavy atom. The Kier molecular flexibility index (Phi) is 7.12. The van der Waals surface area contributed by atoms with Gasteiger partial charge in [-0.25, -0.2) is 0 Å². The van der Waals surface area contributed by atoms with Gasteiger partial charge in [0.1, 0.15) is 0 Å². The van der Waals surface area contributed by atoms with Gasteiger partial charge in [-0.05, 0) is 30.5 Å². The van der Waals surface area contributed by atoms with Crippen molar-refractivity contribution in [3.05, 3.63) is 60.3 Å². The third kappa shape index (κ3) is 4.66. The SMILES string of the molecule is Cl.Cl.c1ccc(CN2CCC(Nc3cccc4[nH]ncc34)CC2)cc1. The Labute approximate surface area is 160 Å². The van der Waals surface area contributed by atoms with Crippen LogP contribution in [0.1, 0.15) is 18.4 Å². The number of hydrogen-bond acceptors (Lipinski definition) is 3. The van der Waals surface area contributed by atoms with Gasteiger partial charge in [-0.3, -0.25) is 10.00 Å². The molecule has 0 spiro atoms. The molecule has 0 amide bonds. The van der Waals surface area contributed by atoms with Crippen LogP contribution in [0, 0.1) is 0 Å². The normalized spacial score (nSPS) is 15.4. The van der Waals surface area contributed by atoms with Crippen molar-refractivity contribution in [2.45, 2.75) is 25.4 Å². The van der Waals surface area contributed by atoms with E-state index in [1.54, 1.807) is 0 Å². The predicted molar refractivity (Wildman–Crippen MR) is 109 cm³/mol. The van der Waals surface area contributed by atoms with E-state index in [0.29, 0.717) is 6.04 Å². The lowest BCUT2D eigenvalue weighted by Gasteiger charge is -2.33. The molecule has 4 rings (SSSR count). The van der Waals surface area contributed by atoms with Crippen LogP contribution in [0.5, 0.6) is 0 Å². The summed E-state index contributed by atoms with van der Waals surface area (Å²) in [4.78, 5) is 2.55. The molecule has 0 radical (unpaired) electrons. The van der Waals surface area contributed by atoms with Crippen molar-refractivity contribution in [3.63, 3.8) is 0 Å². The predicted octanol–water partition coefficient (Wildman–Crippen LogP) is 4.48. The van der Waals surface area contributed by atoms with E-state index in [1.807, 2.05) is 6.20 Å². The summed E-state index contributed by atoms with van der Waals surface area (Å²) in [7, 11) is 0. The molecule has 134 valence electrons. The van der Waals surface area contributed by atoms with Crippen LogP contribution in [-0.2, 0) is 6.54 Å². The van der Waals surface area contributed by atoms with E-state index in [9.17, 15) is 0 Å². The minimum Gasteiger partial charge on any atom is -0.382 e. The van der Waals surface area contributed by atoms with E-state index in [4.69, 9.17) is 0 Å². The first kappa shape index (κ1) is 19.6. The van der Waals surface area contributed by atoms with Crippen molar-refractivity contribution >= 4 is 41.4 Å². The van der Waals surface area contributed by atoms with Gasteiger partial charge in [0.05, 0.1) is 11.7 Å². The Morgan fingerprint density at radius 2 is 1.76 bits per heavy atom. The second kappa shape index (κ2) is 9.09. The summed E-state index contributed by atoms with van der Waals surface area (Å²) in [5.74, 6) is 0. The molecule has 3 aromatic rings. The molecule has 2 heterocycles. The molecular formula is C19H24Cl2N4. The van der Waals surface area contributed by atoms with Crippen LogP contribution in [0.4, 0.5) is 5.69 Å². The van der Waals surface area contributed by atoms with Gasteiger partial charge in [0.15, 0.2) is 0 Å². The van der Waals surface area contributed by atoms with Gasteiger partial charge < -0.3 is 5.32 Å². The molecule has 2 aromatic carbocycles. The molecule has 0 unspecified atom stereocenters. The topological polar surface area (TPSA) is 44.0 Å². The van der Waals surface area contributed by atoms with Crippen molar-refractivity contribution in [1.29, 1.82) is 0 Å². The molecule has 1 aromatic heterocycles. The van der Waals surface area contributed by atoms with E-state index < -0.39 is 0 Å². The van der Waals surface area contributed by atoms with Crippen LogP contribution in [0.15, 0.2) is 54.7 Å². The number of benzene rings is 2. The van der Waals surface area contributed by atoms with Crippen LogP contribution < -0.4 is 5.32 Å². The van der Waals surface area contributed by atoms with Crippen LogP contribution in [-0.4, -0.2) is 34.2 Å². The number of halogens is 2. The van der Waals surface area contributed by atoms with Crippen molar-refractivity contribution < 1.29 is 0 Å². The summed E-state index contributed by atoms with van der Waals surface area (Å²) in [5.41, 5.74) is 3.69. The number of hydrogen-bond donors (Lipinski definition) is 2. The first-order valence-corrected chi connectivity index (χ1v) is 8.33. The molecule has 0 aliphatic carbocycles. The van der Waals surface area contributed by atoms with Crippen molar-refractivity contribution in [1.82, 2.24) is 15.1 Å². The van der Waals surface area contributed by atoms with E-state index in [2.05, 4.69) is 68.9 Å². The summed E-state index contributed by atoms with van der Waals surface area (Å²) >= 11 is 0. The molecule has 1 aliphatic rings. The molecule has 6 heteroatoms. The highest BCUT2D eigenvalue weighted by Crippen LogP contribution is 2.24. The Hall–Kier alpha value is -1.75. The van der Waals surface area contributed by atoms with Crippen molar-refractivity contribution in [2.24, 2.45) is 0 Å². The number of nitrogens with zero attached hydrogens (tertiary/aromatic N) is 2. The maximum atomic E-state index is 4.14. The van der Waals surface area contributed by atoms with Crippen LogP contribution in [0.25, 0.3) is 10.9 Å². The Bertz CT molecular complexity index is 767.